The van der Waals surface area contributed by atoms with Crippen LogP contribution in [-0.4, -0.2) is 41.4 Å². The number of carbonyl (C=O) groups excluding carboxylic acids is 2. The molecule has 2 rings (SSSR count). The highest BCUT2D eigenvalue weighted by molar-refractivity contribution is 5.88. The molecule has 0 aliphatic rings. The summed E-state index contributed by atoms with van der Waals surface area (Å²) < 4.78 is 19.2. The fourth-order valence-corrected chi connectivity index (χ4v) is 3.13. The van der Waals surface area contributed by atoms with Crippen LogP contribution in [-0.2, 0) is 16.0 Å². The Bertz CT molecular complexity index is 834. The number of halogens is 1. The lowest BCUT2D eigenvalue weighted by molar-refractivity contribution is -0.142. The highest BCUT2D eigenvalue weighted by Crippen LogP contribution is 2.16. The molecule has 6 heteroatoms. The molecule has 1 unspecified atom stereocenters. The quantitative estimate of drug-likeness (QED) is 0.676. The second-order valence-electron chi connectivity index (χ2n) is 8.21. The van der Waals surface area contributed by atoms with Crippen LogP contribution < -0.4 is 10.1 Å². The van der Waals surface area contributed by atoms with Crippen LogP contribution in [0.1, 0.15) is 39.7 Å². The Morgan fingerprint density at radius 1 is 1.07 bits per heavy atom. The number of nitrogens with one attached hydrogen (secondary N) is 1. The summed E-state index contributed by atoms with van der Waals surface area (Å²) in [4.78, 5) is 27.4. The monoisotopic (exact) mass is 414 g/mol. The van der Waals surface area contributed by atoms with E-state index in [4.69, 9.17) is 4.74 Å². The molecule has 2 aromatic rings. The standard InChI is InChI=1S/C24H31FN2O3/c1-5-20(23(29)26-24(2,3)4)27(16-15-18-11-7-6-8-12-18)22(28)17-30-21-14-10-9-13-19(21)25/h6-14,20H,5,15-17H2,1-4H3,(H,26,29). The lowest BCUT2D eigenvalue weighted by atomic mass is 10.1. The zero-order valence-corrected chi connectivity index (χ0v) is 18.2. The SMILES string of the molecule is CCC(C(=O)NC(C)(C)C)N(CCc1ccccc1)C(=O)COc1ccccc1F. The van der Waals surface area contributed by atoms with Crippen LogP contribution in [0.3, 0.4) is 0 Å². The van der Waals surface area contributed by atoms with Gasteiger partial charge in [-0.15, -0.1) is 0 Å². The van der Waals surface area contributed by atoms with Crippen LogP contribution in [0.4, 0.5) is 4.39 Å². The summed E-state index contributed by atoms with van der Waals surface area (Å²) in [7, 11) is 0. The molecule has 2 aromatic carbocycles. The van der Waals surface area contributed by atoms with Crippen molar-refractivity contribution in [1.29, 1.82) is 0 Å². The molecule has 0 bridgehead atoms. The Morgan fingerprint density at radius 3 is 2.30 bits per heavy atom. The van der Waals surface area contributed by atoms with E-state index in [2.05, 4.69) is 5.32 Å². The number of benzene rings is 2. The first-order valence-corrected chi connectivity index (χ1v) is 10.2. The van der Waals surface area contributed by atoms with Crippen LogP contribution in [0.25, 0.3) is 0 Å². The van der Waals surface area contributed by atoms with Crippen LogP contribution in [0.5, 0.6) is 5.75 Å². The molecule has 0 aliphatic heterocycles. The van der Waals surface area contributed by atoms with Gasteiger partial charge in [0.1, 0.15) is 6.04 Å². The van der Waals surface area contributed by atoms with Crippen molar-refractivity contribution >= 4 is 11.8 Å². The minimum absolute atomic E-state index is 0.0149. The minimum atomic E-state index is -0.635. The molecule has 30 heavy (non-hydrogen) atoms. The lowest BCUT2D eigenvalue weighted by Crippen LogP contribution is -2.54. The number of amides is 2. The van der Waals surface area contributed by atoms with Gasteiger partial charge in [0.15, 0.2) is 18.2 Å². The Balaban J connectivity index is 2.16. The molecule has 0 fully saturated rings. The second-order valence-corrected chi connectivity index (χ2v) is 8.21. The van der Waals surface area contributed by atoms with Crippen LogP contribution >= 0.6 is 0 Å². The van der Waals surface area contributed by atoms with E-state index >= 15 is 0 Å². The number of para-hydroxylation sites is 1. The Hall–Kier alpha value is -2.89. The molecule has 0 saturated carbocycles. The van der Waals surface area contributed by atoms with Gasteiger partial charge in [-0.3, -0.25) is 9.59 Å². The smallest absolute Gasteiger partial charge is 0.261 e. The van der Waals surface area contributed by atoms with E-state index in [0.29, 0.717) is 19.4 Å². The van der Waals surface area contributed by atoms with Crippen molar-refractivity contribution in [1.82, 2.24) is 10.2 Å². The lowest BCUT2D eigenvalue weighted by Gasteiger charge is -2.33. The highest BCUT2D eigenvalue weighted by atomic mass is 19.1. The second kappa shape index (κ2) is 10.8. The van der Waals surface area contributed by atoms with Crippen molar-refractivity contribution < 1.29 is 18.7 Å². The third kappa shape index (κ3) is 7.17. The topological polar surface area (TPSA) is 58.6 Å². The average molecular weight is 415 g/mol. The largest absolute Gasteiger partial charge is 0.481 e. The number of rotatable bonds is 9. The van der Waals surface area contributed by atoms with Crippen molar-refractivity contribution in [3.63, 3.8) is 0 Å². The molecule has 0 spiro atoms. The number of ether oxygens (including phenoxy) is 1. The first-order chi connectivity index (χ1) is 14.2. The van der Waals surface area contributed by atoms with E-state index in [0.717, 1.165) is 5.56 Å². The van der Waals surface area contributed by atoms with Gasteiger partial charge in [-0.25, -0.2) is 4.39 Å². The maximum atomic E-state index is 13.8. The van der Waals surface area contributed by atoms with Gasteiger partial charge in [0, 0.05) is 12.1 Å². The van der Waals surface area contributed by atoms with E-state index in [1.54, 1.807) is 12.1 Å². The molecule has 0 aliphatic carbocycles. The predicted octanol–water partition coefficient (Wildman–Crippen LogP) is 3.97. The van der Waals surface area contributed by atoms with Gasteiger partial charge in [-0.2, -0.15) is 0 Å². The summed E-state index contributed by atoms with van der Waals surface area (Å²) in [6, 6.07) is 15.1. The van der Waals surface area contributed by atoms with Crippen LogP contribution in [0.2, 0.25) is 0 Å². The van der Waals surface area contributed by atoms with Crippen molar-refractivity contribution in [3.8, 4) is 5.75 Å². The van der Waals surface area contributed by atoms with Crippen LogP contribution in [0, 0.1) is 5.82 Å². The van der Waals surface area contributed by atoms with Gasteiger partial charge in [0.05, 0.1) is 0 Å². The molecule has 0 radical (unpaired) electrons. The minimum Gasteiger partial charge on any atom is -0.481 e. The van der Waals surface area contributed by atoms with E-state index in [1.807, 2.05) is 58.0 Å². The summed E-state index contributed by atoms with van der Waals surface area (Å²) in [5.41, 5.74) is 0.652. The third-order valence-electron chi connectivity index (χ3n) is 4.56. The van der Waals surface area contributed by atoms with E-state index in [-0.39, 0.29) is 24.2 Å². The molecule has 1 atom stereocenters. The summed E-state index contributed by atoms with van der Waals surface area (Å²) in [5.74, 6) is -1.08. The Morgan fingerprint density at radius 2 is 1.70 bits per heavy atom. The fourth-order valence-electron chi connectivity index (χ4n) is 3.13. The zero-order valence-electron chi connectivity index (χ0n) is 18.2. The predicted molar refractivity (Wildman–Crippen MR) is 116 cm³/mol. The number of nitrogens with zero attached hydrogens (tertiary/aromatic N) is 1. The van der Waals surface area contributed by atoms with Gasteiger partial charge in [0.2, 0.25) is 5.91 Å². The summed E-state index contributed by atoms with van der Waals surface area (Å²) in [6.07, 6.45) is 1.06. The molecule has 0 heterocycles. The normalized spacial score (nSPS) is 12.2. The fraction of sp³-hybridized carbons (Fsp3) is 0.417. The van der Waals surface area contributed by atoms with E-state index in [9.17, 15) is 14.0 Å². The Kier molecular flexibility index (Phi) is 8.39. The molecule has 1 N–H and O–H groups in total. The summed E-state index contributed by atoms with van der Waals surface area (Å²) in [5, 5.41) is 2.95. The molecule has 0 saturated heterocycles. The maximum absolute atomic E-state index is 13.8. The van der Waals surface area contributed by atoms with Gasteiger partial charge < -0.3 is 15.0 Å². The third-order valence-corrected chi connectivity index (χ3v) is 4.56. The van der Waals surface area contributed by atoms with Crippen molar-refractivity contribution in [2.24, 2.45) is 0 Å². The highest BCUT2D eigenvalue weighted by Gasteiger charge is 2.30. The van der Waals surface area contributed by atoms with Gasteiger partial charge in [-0.1, -0.05) is 49.4 Å². The number of hydrogen-bond acceptors (Lipinski definition) is 3. The number of hydrogen-bond donors (Lipinski definition) is 1. The molecular formula is C24H31FN2O3. The summed E-state index contributed by atoms with van der Waals surface area (Å²) >= 11 is 0. The molecule has 0 aromatic heterocycles. The van der Waals surface area contributed by atoms with E-state index in [1.165, 1.54) is 17.0 Å². The zero-order chi connectivity index (χ0) is 22.1. The molecule has 5 nitrogen and oxygen atoms in total. The molecular weight excluding hydrogens is 383 g/mol. The van der Waals surface area contributed by atoms with Crippen molar-refractivity contribution in [2.45, 2.75) is 52.1 Å². The van der Waals surface area contributed by atoms with Crippen molar-refractivity contribution in [3.05, 3.63) is 66.0 Å². The van der Waals surface area contributed by atoms with Crippen LogP contribution in [0.15, 0.2) is 54.6 Å². The van der Waals surface area contributed by atoms with Gasteiger partial charge >= 0.3 is 0 Å². The Labute approximate surface area is 178 Å². The van der Waals surface area contributed by atoms with Gasteiger partial charge in [0.25, 0.3) is 5.91 Å². The molecule has 2 amide bonds. The molecule has 162 valence electrons. The first kappa shape index (κ1) is 23.4. The average Bonchev–Trinajstić information content (AvgIpc) is 2.69. The number of carbonyl (C=O) groups is 2. The van der Waals surface area contributed by atoms with Crippen molar-refractivity contribution in [2.75, 3.05) is 13.2 Å². The summed E-state index contributed by atoms with van der Waals surface area (Å²) in [6.45, 7) is 7.58. The first-order valence-electron chi connectivity index (χ1n) is 10.2. The van der Waals surface area contributed by atoms with E-state index < -0.39 is 17.4 Å². The van der Waals surface area contributed by atoms with Gasteiger partial charge in [-0.05, 0) is 51.3 Å². The maximum Gasteiger partial charge on any atom is 0.261 e.